The summed E-state index contributed by atoms with van der Waals surface area (Å²) in [7, 11) is 0. The van der Waals surface area contributed by atoms with E-state index in [-0.39, 0.29) is 5.91 Å². The van der Waals surface area contributed by atoms with E-state index in [0.29, 0.717) is 0 Å². The molecule has 0 aromatic rings. The number of hydrogen-bond acceptors (Lipinski definition) is 2. The summed E-state index contributed by atoms with van der Waals surface area (Å²) < 4.78 is 0. The number of hydrogen-bond donors (Lipinski definition) is 2. The van der Waals surface area contributed by atoms with Crippen LogP contribution in [0.25, 0.3) is 0 Å². The molecule has 3 N–H and O–H groups in total. The highest BCUT2D eigenvalue weighted by Gasteiger charge is 2.36. The van der Waals surface area contributed by atoms with Crippen molar-refractivity contribution in [2.75, 3.05) is 6.54 Å². The van der Waals surface area contributed by atoms with Gasteiger partial charge in [0.2, 0.25) is 5.91 Å². The zero-order chi connectivity index (χ0) is 11.3. The Kier molecular flexibility index (Phi) is 4.33. The van der Waals surface area contributed by atoms with Gasteiger partial charge in [0, 0.05) is 6.54 Å². The second-order valence-corrected chi connectivity index (χ2v) is 4.67. The van der Waals surface area contributed by atoms with E-state index in [0.717, 1.165) is 32.2 Å². The van der Waals surface area contributed by atoms with Gasteiger partial charge in [-0.15, -0.1) is 0 Å². The maximum atomic E-state index is 11.5. The molecule has 0 unspecified atom stereocenters. The Morgan fingerprint density at radius 3 is 2.40 bits per heavy atom. The lowest BCUT2D eigenvalue weighted by atomic mass is 9.81. The second kappa shape index (κ2) is 5.31. The van der Waals surface area contributed by atoms with E-state index >= 15 is 0 Å². The minimum atomic E-state index is -0.440. The molecular formula is C12H22N2O. The van der Waals surface area contributed by atoms with Crippen LogP contribution in [0.1, 0.15) is 46.0 Å². The number of carbonyl (C=O) groups excluding carboxylic acids is 1. The summed E-state index contributed by atoms with van der Waals surface area (Å²) in [5.74, 6) is -0.190. The molecule has 15 heavy (non-hydrogen) atoms. The van der Waals surface area contributed by atoms with Crippen molar-refractivity contribution in [3.63, 3.8) is 0 Å². The first-order valence-corrected chi connectivity index (χ1v) is 5.75. The molecule has 86 valence electrons. The molecule has 0 aromatic heterocycles. The van der Waals surface area contributed by atoms with Gasteiger partial charge in [-0.25, -0.2) is 0 Å². The zero-order valence-electron chi connectivity index (χ0n) is 9.81. The molecule has 1 fully saturated rings. The molecule has 1 saturated carbocycles. The lowest BCUT2D eigenvalue weighted by Crippen LogP contribution is -2.56. The van der Waals surface area contributed by atoms with Gasteiger partial charge in [0.05, 0.1) is 5.54 Å². The smallest absolute Gasteiger partial charge is 0.237 e. The number of allylic oxidation sites excluding steroid dienone is 1. The molecule has 0 aliphatic heterocycles. The van der Waals surface area contributed by atoms with E-state index in [1.54, 1.807) is 0 Å². The lowest BCUT2D eigenvalue weighted by molar-refractivity contribution is -0.125. The molecule has 1 aliphatic rings. The first-order chi connectivity index (χ1) is 7.07. The maximum Gasteiger partial charge on any atom is 0.237 e. The van der Waals surface area contributed by atoms with Crippen LogP contribution in [0.2, 0.25) is 0 Å². The normalized spacial score (nSPS) is 19.6. The van der Waals surface area contributed by atoms with Crippen molar-refractivity contribution in [3.8, 4) is 0 Å². The van der Waals surface area contributed by atoms with Crippen molar-refractivity contribution in [1.29, 1.82) is 0 Å². The van der Waals surface area contributed by atoms with Crippen LogP contribution < -0.4 is 11.1 Å². The van der Waals surface area contributed by atoms with Gasteiger partial charge in [0.1, 0.15) is 0 Å². The van der Waals surface area contributed by atoms with Crippen molar-refractivity contribution < 1.29 is 4.79 Å². The summed E-state index contributed by atoms with van der Waals surface area (Å²) in [4.78, 5) is 11.5. The zero-order valence-corrected chi connectivity index (χ0v) is 9.81. The number of primary amides is 1. The van der Waals surface area contributed by atoms with Crippen molar-refractivity contribution in [2.24, 2.45) is 5.73 Å². The average molecular weight is 210 g/mol. The lowest BCUT2D eigenvalue weighted by Gasteiger charge is -2.35. The predicted molar refractivity (Wildman–Crippen MR) is 62.4 cm³/mol. The van der Waals surface area contributed by atoms with Crippen LogP contribution in [0, 0.1) is 0 Å². The van der Waals surface area contributed by atoms with E-state index in [2.05, 4.69) is 25.2 Å². The highest BCUT2D eigenvalue weighted by Crippen LogP contribution is 2.27. The predicted octanol–water partition coefficient (Wildman–Crippen LogP) is 1.73. The highest BCUT2D eigenvalue weighted by molar-refractivity contribution is 5.84. The monoisotopic (exact) mass is 210 g/mol. The highest BCUT2D eigenvalue weighted by atomic mass is 16.1. The quantitative estimate of drug-likeness (QED) is 0.694. The van der Waals surface area contributed by atoms with Gasteiger partial charge in [-0.05, 0) is 26.7 Å². The first-order valence-electron chi connectivity index (χ1n) is 5.75. The Balaban J connectivity index is 2.57. The van der Waals surface area contributed by atoms with Crippen LogP contribution in [0.15, 0.2) is 11.6 Å². The average Bonchev–Trinajstić information content (AvgIpc) is 2.18. The number of amides is 1. The molecule has 0 heterocycles. The van der Waals surface area contributed by atoms with Gasteiger partial charge in [0.15, 0.2) is 0 Å². The molecule has 0 atom stereocenters. The van der Waals surface area contributed by atoms with Crippen molar-refractivity contribution >= 4 is 5.91 Å². The summed E-state index contributed by atoms with van der Waals surface area (Å²) >= 11 is 0. The van der Waals surface area contributed by atoms with Crippen molar-refractivity contribution in [1.82, 2.24) is 5.32 Å². The molecule has 3 nitrogen and oxygen atoms in total. The summed E-state index contributed by atoms with van der Waals surface area (Å²) in [6.07, 6.45) is 7.30. The second-order valence-electron chi connectivity index (χ2n) is 4.67. The summed E-state index contributed by atoms with van der Waals surface area (Å²) in [6.45, 7) is 4.85. The fourth-order valence-corrected chi connectivity index (χ4v) is 2.12. The molecule has 0 radical (unpaired) electrons. The molecule has 1 aliphatic carbocycles. The topological polar surface area (TPSA) is 55.1 Å². The first kappa shape index (κ1) is 12.2. The third-order valence-corrected chi connectivity index (χ3v) is 3.13. The third kappa shape index (κ3) is 3.34. The minimum Gasteiger partial charge on any atom is -0.368 e. The van der Waals surface area contributed by atoms with Gasteiger partial charge in [-0.2, -0.15) is 0 Å². The standard InChI is InChI=1S/C12H22N2O/c1-10(2)6-9-14-12(11(13)15)7-4-3-5-8-12/h6,14H,3-5,7-9H2,1-2H3,(H2,13,15). The Hall–Kier alpha value is -0.830. The molecule has 0 aromatic carbocycles. The summed E-state index contributed by atoms with van der Waals surface area (Å²) in [5.41, 5.74) is 6.32. The Morgan fingerprint density at radius 1 is 1.33 bits per heavy atom. The molecular weight excluding hydrogens is 188 g/mol. The Bertz CT molecular complexity index is 248. The molecule has 0 spiro atoms. The van der Waals surface area contributed by atoms with Crippen LogP contribution in [-0.4, -0.2) is 18.0 Å². The fraction of sp³-hybridized carbons (Fsp3) is 0.750. The van der Waals surface area contributed by atoms with Crippen LogP contribution in [-0.2, 0) is 4.79 Å². The third-order valence-electron chi connectivity index (χ3n) is 3.13. The Labute approximate surface area is 92.1 Å². The Morgan fingerprint density at radius 2 is 1.93 bits per heavy atom. The SMILES string of the molecule is CC(C)=CCNC1(C(N)=O)CCCCC1. The van der Waals surface area contributed by atoms with Gasteiger partial charge >= 0.3 is 0 Å². The van der Waals surface area contributed by atoms with Crippen LogP contribution in [0.4, 0.5) is 0 Å². The van der Waals surface area contributed by atoms with E-state index < -0.39 is 5.54 Å². The van der Waals surface area contributed by atoms with Crippen LogP contribution >= 0.6 is 0 Å². The van der Waals surface area contributed by atoms with Crippen molar-refractivity contribution in [3.05, 3.63) is 11.6 Å². The largest absolute Gasteiger partial charge is 0.368 e. The molecule has 3 heteroatoms. The van der Waals surface area contributed by atoms with Gasteiger partial charge < -0.3 is 5.73 Å². The van der Waals surface area contributed by atoms with E-state index in [1.807, 2.05) is 0 Å². The maximum absolute atomic E-state index is 11.5. The molecule has 0 bridgehead atoms. The van der Waals surface area contributed by atoms with Crippen LogP contribution in [0.5, 0.6) is 0 Å². The van der Waals surface area contributed by atoms with E-state index in [9.17, 15) is 4.79 Å². The molecule has 0 saturated heterocycles. The van der Waals surface area contributed by atoms with E-state index in [4.69, 9.17) is 5.73 Å². The van der Waals surface area contributed by atoms with Crippen LogP contribution in [0.3, 0.4) is 0 Å². The van der Waals surface area contributed by atoms with E-state index in [1.165, 1.54) is 12.0 Å². The summed E-state index contributed by atoms with van der Waals surface area (Å²) in [6, 6.07) is 0. The summed E-state index contributed by atoms with van der Waals surface area (Å²) in [5, 5.41) is 3.31. The van der Waals surface area contributed by atoms with Gasteiger partial charge in [-0.1, -0.05) is 30.9 Å². The molecule has 1 rings (SSSR count). The number of carbonyl (C=O) groups is 1. The minimum absolute atomic E-state index is 0.190. The van der Waals surface area contributed by atoms with Gasteiger partial charge in [0.25, 0.3) is 0 Å². The fourth-order valence-electron chi connectivity index (χ4n) is 2.12. The number of rotatable bonds is 4. The number of nitrogens with one attached hydrogen (secondary N) is 1. The van der Waals surface area contributed by atoms with Gasteiger partial charge in [-0.3, -0.25) is 10.1 Å². The van der Waals surface area contributed by atoms with Crippen molar-refractivity contribution in [2.45, 2.75) is 51.5 Å². The molecule has 1 amide bonds. The number of nitrogens with two attached hydrogens (primary N) is 1.